The molecule has 6 heteroatoms. The van der Waals surface area contributed by atoms with Crippen LogP contribution in [0.5, 0.6) is 5.88 Å². The van der Waals surface area contributed by atoms with E-state index in [0.717, 1.165) is 0 Å². The fourth-order valence-corrected chi connectivity index (χ4v) is 1.52. The number of rotatable bonds is 3. The van der Waals surface area contributed by atoms with Gasteiger partial charge < -0.3 is 9.84 Å². The second-order valence-corrected chi connectivity index (χ2v) is 3.27. The van der Waals surface area contributed by atoms with Gasteiger partial charge in [-0.05, 0) is 12.8 Å². The minimum Gasteiger partial charge on any atom is -0.417 e. The zero-order chi connectivity index (χ0) is 10.1. The van der Waals surface area contributed by atoms with E-state index < -0.39 is 6.61 Å². The molecule has 1 aliphatic rings. The molecule has 14 heavy (non-hydrogen) atoms. The van der Waals surface area contributed by atoms with Crippen molar-refractivity contribution in [2.45, 2.75) is 31.6 Å². The van der Waals surface area contributed by atoms with Crippen LogP contribution in [0.1, 0.15) is 18.9 Å². The van der Waals surface area contributed by atoms with Crippen molar-refractivity contribution in [1.82, 2.24) is 9.78 Å². The van der Waals surface area contributed by atoms with Crippen LogP contribution < -0.4 is 4.74 Å². The molecule has 0 spiro atoms. The zero-order valence-corrected chi connectivity index (χ0v) is 7.31. The van der Waals surface area contributed by atoms with Gasteiger partial charge in [-0.25, -0.2) is 4.68 Å². The second kappa shape index (κ2) is 3.53. The molecule has 78 valence electrons. The normalized spacial score (nSPS) is 26.3. The molecule has 0 aromatic carbocycles. The molecular formula is C8H10F2N2O2. The number of aliphatic hydroxyl groups is 1. The molecule has 0 aliphatic heterocycles. The molecule has 1 aromatic heterocycles. The van der Waals surface area contributed by atoms with E-state index in [4.69, 9.17) is 5.11 Å². The van der Waals surface area contributed by atoms with Crippen LogP contribution in [-0.2, 0) is 0 Å². The molecule has 0 saturated heterocycles. The van der Waals surface area contributed by atoms with Gasteiger partial charge in [0, 0.05) is 6.07 Å². The van der Waals surface area contributed by atoms with Crippen LogP contribution in [0.3, 0.4) is 0 Å². The Bertz CT molecular complexity index is 310. The van der Waals surface area contributed by atoms with Crippen LogP contribution in [0, 0.1) is 0 Å². The van der Waals surface area contributed by atoms with Crippen molar-refractivity contribution in [2.24, 2.45) is 0 Å². The molecule has 4 nitrogen and oxygen atoms in total. The van der Waals surface area contributed by atoms with Gasteiger partial charge in [0.05, 0.1) is 18.3 Å². The van der Waals surface area contributed by atoms with Crippen molar-refractivity contribution < 1.29 is 18.6 Å². The van der Waals surface area contributed by atoms with E-state index in [0.29, 0.717) is 12.8 Å². The summed E-state index contributed by atoms with van der Waals surface area (Å²) in [7, 11) is 0. The molecule has 1 N–H and O–H groups in total. The summed E-state index contributed by atoms with van der Waals surface area (Å²) in [5, 5.41) is 12.9. The van der Waals surface area contributed by atoms with Crippen molar-refractivity contribution in [3.8, 4) is 5.88 Å². The van der Waals surface area contributed by atoms with Crippen molar-refractivity contribution in [1.29, 1.82) is 0 Å². The summed E-state index contributed by atoms with van der Waals surface area (Å²) in [5.74, 6) is 0.0527. The largest absolute Gasteiger partial charge is 0.417 e. The third kappa shape index (κ3) is 1.70. The molecule has 1 aliphatic carbocycles. The van der Waals surface area contributed by atoms with Crippen molar-refractivity contribution >= 4 is 0 Å². The number of aromatic nitrogens is 2. The molecule has 1 saturated carbocycles. The predicted molar refractivity (Wildman–Crippen MR) is 43.1 cm³/mol. The molecule has 0 unspecified atom stereocenters. The van der Waals surface area contributed by atoms with E-state index in [-0.39, 0.29) is 18.0 Å². The van der Waals surface area contributed by atoms with Crippen LogP contribution in [0.4, 0.5) is 8.78 Å². The van der Waals surface area contributed by atoms with Crippen LogP contribution >= 0.6 is 0 Å². The van der Waals surface area contributed by atoms with Crippen molar-refractivity contribution in [2.75, 3.05) is 0 Å². The summed E-state index contributed by atoms with van der Waals surface area (Å²) in [6.07, 6.45) is 2.15. The van der Waals surface area contributed by atoms with Gasteiger partial charge in [-0.3, -0.25) is 0 Å². The van der Waals surface area contributed by atoms with Crippen LogP contribution in [0.25, 0.3) is 0 Å². The third-order valence-corrected chi connectivity index (χ3v) is 2.28. The molecule has 1 aromatic rings. The summed E-state index contributed by atoms with van der Waals surface area (Å²) in [5.41, 5.74) is 0. The van der Waals surface area contributed by atoms with Gasteiger partial charge >= 0.3 is 6.61 Å². The highest BCUT2D eigenvalue weighted by molar-refractivity contribution is 5.10. The Morgan fingerprint density at radius 2 is 2.29 bits per heavy atom. The Morgan fingerprint density at radius 1 is 1.57 bits per heavy atom. The maximum Gasteiger partial charge on any atom is 0.388 e. The quantitative estimate of drug-likeness (QED) is 0.804. The monoisotopic (exact) mass is 204 g/mol. The first-order chi connectivity index (χ1) is 6.66. The highest BCUT2D eigenvalue weighted by atomic mass is 19.3. The number of halogens is 2. The van der Waals surface area contributed by atoms with Crippen LogP contribution in [-0.4, -0.2) is 27.6 Å². The Hall–Kier alpha value is -1.17. The van der Waals surface area contributed by atoms with E-state index in [9.17, 15) is 8.78 Å². The fourth-order valence-electron chi connectivity index (χ4n) is 1.52. The molecule has 2 rings (SSSR count). The number of alkyl halides is 2. The lowest BCUT2D eigenvalue weighted by Crippen LogP contribution is -2.31. The molecular weight excluding hydrogens is 194 g/mol. The minimum absolute atomic E-state index is 0.0197. The van der Waals surface area contributed by atoms with Crippen LogP contribution in [0.2, 0.25) is 0 Å². The molecule has 0 bridgehead atoms. The van der Waals surface area contributed by atoms with E-state index in [2.05, 4.69) is 9.84 Å². The minimum atomic E-state index is -2.84. The Balaban J connectivity index is 2.06. The molecule has 0 amide bonds. The lowest BCUT2D eigenvalue weighted by Gasteiger charge is -2.32. The van der Waals surface area contributed by atoms with Crippen molar-refractivity contribution in [3.63, 3.8) is 0 Å². The lowest BCUT2D eigenvalue weighted by atomic mass is 9.90. The number of aliphatic hydroxyl groups excluding tert-OH is 1. The lowest BCUT2D eigenvalue weighted by molar-refractivity contribution is -0.0601. The summed E-state index contributed by atoms with van der Waals surface area (Å²) in [6, 6.07) is 1.37. The van der Waals surface area contributed by atoms with E-state index >= 15 is 0 Å². The van der Waals surface area contributed by atoms with Gasteiger partial charge in [-0.2, -0.15) is 13.9 Å². The van der Waals surface area contributed by atoms with Gasteiger partial charge in [0.2, 0.25) is 5.88 Å². The number of nitrogens with zero attached hydrogens (tertiary/aromatic N) is 2. The topological polar surface area (TPSA) is 47.3 Å². The first-order valence-electron chi connectivity index (χ1n) is 4.33. The fraction of sp³-hybridized carbons (Fsp3) is 0.625. The Kier molecular flexibility index (Phi) is 2.37. The van der Waals surface area contributed by atoms with Gasteiger partial charge in [0.15, 0.2) is 0 Å². The predicted octanol–water partition coefficient (Wildman–Crippen LogP) is 1.18. The number of ether oxygens (including phenoxy) is 1. The van der Waals surface area contributed by atoms with E-state index in [1.165, 1.54) is 16.9 Å². The maximum absolute atomic E-state index is 11.9. The van der Waals surface area contributed by atoms with E-state index in [1.807, 2.05) is 0 Å². The van der Waals surface area contributed by atoms with Gasteiger partial charge in [-0.1, -0.05) is 0 Å². The molecule has 0 atom stereocenters. The first kappa shape index (κ1) is 9.39. The van der Waals surface area contributed by atoms with Crippen LogP contribution in [0.15, 0.2) is 12.3 Å². The smallest absolute Gasteiger partial charge is 0.388 e. The van der Waals surface area contributed by atoms with Gasteiger partial charge in [0.1, 0.15) is 0 Å². The second-order valence-electron chi connectivity index (χ2n) is 3.27. The molecule has 1 heterocycles. The Labute approximate surface area is 79.1 Å². The Morgan fingerprint density at radius 3 is 2.86 bits per heavy atom. The number of hydrogen-bond acceptors (Lipinski definition) is 3. The highest BCUT2D eigenvalue weighted by Gasteiger charge is 2.31. The summed E-state index contributed by atoms with van der Waals surface area (Å²) in [4.78, 5) is 0. The average molecular weight is 204 g/mol. The summed E-state index contributed by atoms with van der Waals surface area (Å²) >= 11 is 0. The summed E-state index contributed by atoms with van der Waals surface area (Å²) < 4.78 is 29.5. The first-order valence-corrected chi connectivity index (χ1v) is 4.33. The van der Waals surface area contributed by atoms with Crippen molar-refractivity contribution in [3.05, 3.63) is 12.3 Å². The number of hydrogen-bond donors (Lipinski definition) is 1. The molecule has 1 fully saturated rings. The summed E-state index contributed by atoms with van der Waals surface area (Å²) in [6.45, 7) is -2.84. The SMILES string of the molecule is OC1CC(n2nccc2OC(F)F)C1. The zero-order valence-electron chi connectivity index (χ0n) is 7.31. The molecule has 0 radical (unpaired) electrons. The highest BCUT2D eigenvalue weighted by Crippen LogP contribution is 2.34. The maximum atomic E-state index is 11.9. The average Bonchev–Trinajstić information content (AvgIpc) is 2.45. The van der Waals surface area contributed by atoms with E-state index in [1.54, 1.807) is 0 Å². The third-order valence-electron chi connectivity index (χ3n) is 2.28. The standard InChI is InChI=1S/C8H10F2N2O2/c9-8(10)14-7-1-2-11-12(7)5-3-6(13)4-5/h1-2,5-6,8,13H,3-4H2. The van der Waals surface area contributed by atoms with Gasteiger partial charge in [0.25, 0.3) is 0 Å². The van der Waals surface area contributed by atoms with Gasteiger partial charge in [-0.15, -0.1) is 0 Å².